The predicted octanol–water partition coefficient (Wildman–Crippen LogP) is 5.04. The van der Waals surface area contributed by atoms with Crippen molar-refractivity contribution in [2.24, 2.45) is 0 Å². The maximum absolute atomic E-state index is 6.51. The second-order valence-corrected chi connectivity index (χ2v) is 18.4. The van der Waals surface area contributed by atoms with E-state index in [-0.39, 0.29) is 0 Å². The van der Waals surface area contributed by atoms with Gasteiger partial charge >= 0.3 is 0 Å². The van der Waals surface area contributed by atoms with Gasteiger partial charge in [0.15, 0.2) is 7.38 Å². The van der Waals surface area contributed by atoms with Gasteiger partial charge in [0, 0.05) is 0 Å². The monoisotopic (exact) mass is 324 g/mol. The first-order valence-electron chi connectivity index (χ1n) is 6.00. The summed E-state index contributed by atoms with van der Waals surface area (Å²) in [6, 6.07) is 13.2. The molecule has 0 radical (unpaired) electrons. The lowest BCUT2D eigenvalue weighted by Gasteiger charge is -2.20. The van der Waals surface area contributed by atoms with Crippen molar-refractivity contribution in [3.8, 4) is 0 Å². The Hall–Kier alpha value is 0.524. The first-order valence-corrected chi connectivity index (χ1v) is 14.2. The fourth-order valence-electron chi connectivity index (χ4n) is 1.68. The van der Waals surface area contributed by atoms with Crippen LogP contribution >= 0.6 is 33.2 Å². The minimum Gasteiger partial charge on any atom is -0.167 e. The molecule has 0 nitrogen and oxygen atoms in total. The van der Waals surface area contributed by atoms with Crippen LogP contribution in [0.3, 0.4) is 0 Å². The number of benzene rings is 1. The molecule has 0 heterocycles. The molecule has 0 saturated carbocycles. The van der Waals surface area contributed by atoms with E-state index < -0.39 is 14.1 Å². The van der Waals surface area contributed by atoms with E-state index in [4.69, 9.17) is 33.2 Å². The van der Waals surface area contributed by atoms with Gasteiger partial charge in [-0.3, -0.25) is 0 Å². The van der Waals surface area contributed by atoms with E-state index in [0.29, 0.717) is 0 Å². The van der Waals surface area contributed by atoms with E-state index in [1.807, 2.05) is 30.3 Å². The smallest absolute Gasteiger partial charge is 0.167 e. The Kier molecular flexibility index (Phi) is 6.07. The van der Waals surface area contributed by atoms with Crippen LogP contribution < -0.4 is 5.19 Å². The molecule has 1 aromatic rings. The van der Waals surface area contributed by atoms with Crippen molar-refractivity contribution in [1.29, 1.82) is 0 Å². The third kappa shape index (κ3) is 5.35. The molecule has 96 valence electrons. The standard InChI is InChI=1S/C12H19Cl3Si2/c1-3-16(2,13)10-7-11-17(14,15)12-8-5-4-6-9-12/h4-6,8-9H,3,7,10-11H2,1-2H3. The molecular weight excluding hydrogens is 307 g/mol. The molecule has 17 heavy (non-hydrogen) atoms. The quantitative estimate of drug-likeness (QED) is 0.508. The molecule has 1 aromatic carbocycles. The van der Waals surface area contributed by atoms with Crippen LogP contribution in [0, 0.1) is 0 Å². The van der Waals surface area contributed by atoms with Gasteiger partial charge in [-0.2, -0.15) is 11.1 Å². The van der Waals surface area contributed by atoms with Gasteiger partial charge in [0.25, 0.3) is 6.69 Å². The molecule has 0 fully saturated rings. The molecule has 1 rings (SSSR count). The summed E-state index contributed by atoms with van der Waals surface area (Å²) in [6.07, 6.45) is 1.05. The van der Waals surface area contributed by atoms with E-state index in [0.717, 1.165) is 29.7 Å². The Bertz CT molecular complexity index is 339. The van der Waals surface area contributed by atoms with E-state index in [9.17, 15) is 0 Å². The van der Waals surface area contributed by atoms with Crippen LogP contribution in [0.4, 0.5) is 0 Å². The molecule has 1 atom stereocenters. The molecule has 0 bridgehead atoms. The SMILES string of the molecule is CC[Si](C)(Cl)CCC[Si](Cl)(Cl)c1ccccc1. The minimum atomic E-state index is -2.28. The lowest BCUT2D eigenvalue weighted by atomic mass is 10.4. The molecule has 0 saturated heterocycles. The largest absolute Gasteiger partial charge is 0.280 e. The van der Waals surface area contributed by atoms with Gasteiger partial charge in [-0.05, 0) is 23.3 Å². The molecule has 5 heteroatoms. The Morgan fingerprint density at radius 2 is 1.59 bits per heavy atom. The summed E-state index contributed by atoms with van der Waals surface area (Å²) in [5, 5.41) is 1.11. The molecular formula is C12H19Cl3Si2. The number of halogens is 3. The molecule has 0 amide bonds. The Morgan fingerprint density at radius 1 is 1.00 bits per heavy atom. The number of hydrogen-bond acceptors (Lipinski definition) is 0. The summed E-state index contributed by atoms with van der Waals surface area (Å²) in [6.45, 7) is 2.10. The highest BCUT2D eigenvalue weighted by molar-refractivity contribution is 7.51. The van der Waals surface area contributed by atoms with Gasteiger partial charge in [0.1, 0.15) is 0 Å². The molecule has 0 aromatic heterocycles. The highest BCUT2D eigenvalue weighted by atomic mass is 35.7. The lowest BCUT2D eigenvalue weighted by Crippen LogP contribution is -2.36. The first kappa shape index (κ1) is 15.6. The highest BCUT2D eigenvalue weighted by Crippen LogP contribution is 2.28. The molecule has 0 aliphatic rings. The Balaban J connectivity index is 2.51. The topological polar surface area (TPSA) is 0 Å². The van der Waals surface area contributed by atoms with Crippen LogP contribution in [-0.4, -0.2) is 14.1 Å². The first-order chi connectivity index (χ1) is 7.87. The fourth-order valence-corrected chi connectivity index (χ4v) is 6.85. The van der Waals surface area contributed by atoms with Gasteiger partial charge in [-0.25, -0.2) is 0 Å². The van der Waals surface area contributed by atoms with Crippen LogP contribution in [0.2, 0.25) is 24.7 Å². The molecule has 0 aliphatic heterocycles. The molecule has 0 aliphatic carbocycles. The van der Waals surface area contributed by atoms with E-state index in [2.05, 4.69) is 13.5 Å². The summed E-state index contributed by atoms with van der Waals surface area (Å²) < 4.78 is 0. The average Bonchev–Trinajstić information content (AvgIpc) is 2.30. The van der Waals surface area contributed by atoms with Gasteiger partial charge in [0.05, 0.1) is 0 Å². The van der Waals surface area contributed by atoms with Gasteiger partial charge < -0.3 is 0 Å². The normalized spacial score (nSPS) is 15.6. The van der Waals surface area contributed by atoms with Crippen molar-refractivity contribution < 1.29 is 0 Å². The van der Waals surface area contributed by atoms with Crippen LogP contribution in [-0.2, 0) is 0 Å². The maximum atomic E-state index is 6.51. The van der Waals surface area contributed by atoms with E-state index >= 15 is 0 Å². The predicted molar refractivity (Wildman–Crippen MR) is 85.7 cm³/mol. The maximum Gasteiger partial charge on any atom is 0.280 e. The summed E-state index contributed by atoms with van der Waals surface area (Å²) in [5.74, 6) is 0. The second-order valence-electron chi connectivity index (χ2n) is 4.69. The van der Waals surface area contributed by atoms with E-state index in [1.165, 1.54) is 0 Å². The summed E-state index contributed by atoms with van der Waals surface area (Å²) in [4.78, 5) is 0. The number of rotatable bonds is 6. The van der Waals surface area contributed by atoms with E-state index in [1.54, 1.807) is 0 Å². The van der Waals surface area contributed by atoms with Crippen molar-refractivity contribution in [1.82, 2.24) is 0 Å². The average molecular weight is 326 g/mol. The fraction of sp³-hybridized carbons (Fsp3) is 0.500. The zero-order valence-electron chi connectivity index (χ0n) is 10.3. The second kappa shape index (κ2) is 6.62. The van der Waals surface area contributed by atoms with Crippen molar-refractivity contribution in [3.63, 3.8) is 0 Å². The van der Waals surface area contributed by atoms with Crippen LogP contribution in [0.15, 0.2) is 30.3 Å². The summed E-state index contributed by atoms with van der Waals surface area (Å²) >= 11 is 19.5. The number of hydrogen-bond donors (Lipinski definition) is 0. The molecule has 0 N–H and O–H groups in total. The van der Waals surface area contributed by atoms with Crippen LogP contribution in [0.5, 0.6) is 0 Å². The van der Waals surface area contributed by atoms with Crippen LogP contribution in [0.1, 0.15) is 13.3 Å². The third-order valence-corrected chi connectivity index (χ3v) is 12.0. The van der Waals surface area contributed by atoms with Crippen molar-refractivity contribution >= 4 is 52.5 Å². The van der Waals surface area contributed by atoms with Crippen molar-refractivity contribution in [2.45, 2.75) is 38.0 Å². The molecule has 0 spiro atoms. The van der Waals surface area contributed by atoms with Gasteiger partial charge in [-0.15, -0.1) is 22.2 Å². The minimum absolute atomic E-state index is 0.898. The highest BCUT2D eigenvalue weighted by Gasteiger charge is 2.31. The van der Waals surface area contributed by atoms with Gasteiger partial charge in [0.2, 0.25) is 0 Å². The lowest BCUT2D eigenvalue weighted by molar-refractivity contribution is 1.03. The molecule has 1 unspecified atom stereocenters. The summed E-state index contributed by atoms with van der Waals surface area (Å²) in [7, 11) is -1.50. The van der Waals surface area contributed by atoms with Crippen LogP contribution in [0.25, 0.3) is 0 Å². The Labute approximate surface area is 120 Å². The zero-order valence-corrected chi connectivity index (χ0v) is 14.6. The third-order valence-electron chi connectivity index (χ3n) is 3.12. The Morgan fingerprint density at radius 3 is 2.12 bits per heavy atom. The summed E-state index contributed by atoms with van der Waals surface area (Å²) in [5.41, 5.74) is 0. The van der Waals surface area contributed by atoms with Crippen molar-refractivity contribution in [3.05, 3.63) is 30.3 Å². The van der Waals surface area contributed by atoms with Crippen molar-refractivity contribution in [2.75, 3.05) is 0 Å². The van der Waals surface area contributed by atoms with Gasteiger partial charge in [-0.1, -0.05) is 50.2 Å². The zero-order chi connectivity index (χ0) is 12.9.